The third-order valence-corrected chi connectivity index (χ3v) is 6.96. The molecule has 0 saturated heterocycles. The zero-order chi connectivity index (χ0) is 16.8. The van der Waals surface area contributed by atoms with Crippen molar-refractivity contribution in [3.05, 3.63) is 23.8 Å². The van der Waals surface area contributed by atoms with Gasteiger partial charge in [0.2, 0.25) is 6.41 Å². The van der Waals surface area contributed by atoms with Crippen LogP contribution in [0.1, 0.15) is 56.8 Å². The average molecular weight is 315 g/mol. The van der Waals surface area contributed by atoms with Crippen LogP contribution in [0.25, 0.3) is 0 Å². The van der Waals surface area contributed by atoms with Crippen LogP contribution < -0.4 is 5.32 Å². The molecule has 2 saturated carbocycles. The Morgan fingerprint density at radius 2 is 2.13 bits per heavy atom. The summed E-state index contributed by atoms with van der Waals surface area (Å²) < 4.78 is 0. The number of aromatic hydroxyl groups is 1. The first-order valence-corrected chi connectivity index (χ1v) is 8.36. The summed E-state index contributed by atoms with van der Waals surface area (Å²) in [5, 5.41) is 12.7. The minimum absolute atomic E-state index is 0.0355. The topological polar surface area (TPSA) is 66.4 Å². The van der Waals surface area contributed by atoms with Crippen molar-refractivity contribution in [3.63, 3.8) is 0 Å². The van der Waals surface area contributed by atoms with Gasteiger partial charge >= 0.3 is 0 Å². The Kier molecular flexibility index (Phi) is 3.74. The molecule has 1 aromatic carbocycles. The number of para-hydroxylation sites is 1. The maximum atomic E-state index is 12.7. The zero-order valence-electron chi connectivity index (χ0n) is 14.1. The lowest BCUT2D eigenvalue weighted by Gasteiger charge is -2.39. The lowest BCUT2D eigenvalue weighted by molar-refractivity contribution is -0.105. The molecule has 124 valence electrons. The Bertz CT molecular complexity index is 652. The second kappa shape index (κ2) is 5.36. The van der Waals surface area contributed by atoms with Crippen LogP contribution in [0.2, 0.25) is 0 Å². The number of rotatable bonds is 5. The fourth-order valence-electron chi connectivity index (χ4n) is 4.96. The number of amides is 1. The number of ketones is 1. The number of hydrogen-bond donors (Lipinski definition) is 2. The van der Waals surface area contributed by atoms with Gasteiger partial charge in [0, 0.05) is 6.42 Å². The molecule has 1 amide bonds. The first-order chi connectivity index (χ1) is 10.8. The molecule has 3 unspecified atom stereocenters. The van der Waals surface area contributed by atoms with E-state index in [2.05, 4.69) is 26.1 Å². The van der Waals surface area contributed by atoms with Crippen molar-refractivity contribution in [1.29, 1.82) is 0 Å². The number of hydrogen-bond acceptors (Lipinski definition) is 3. The van der Waals surface area contributed by atoms with Gasteiger partial charge in [0.1, 0.15) is 5.75 Å². The standard InChI is InChI=1S/C19H25NO3/c1-18(2)12-7-8-19(18,3)13(9-12)10-16(22)14-5-4-6-15(17(14)23)20-11-21/h4-6,11-13,23H,7-10H2,1-3H3,(H,20,21). The van der Waals surface area contributed by atoms with Crippen LogP contribution in [-0.2, 0) is 4.79 Å². The number of fused-ring (bicyclic) bond motifs is 2. The summed E-state index contributed by atoms with van der Waals surface area (Å²) in [6.45, 7) is 6.99. The Morgan fingerprint density at radius 1 is 1.39 bits per heavy atom. The fourth-order valence-corrected chi connectivity index (χ4v) is 4.96. The third-order valence-electron chi connectivity index (χ3n) is 6.96. The largest absolute Gasteiger partial charge is 0.505 e. The van der Waals surface area contributed by atoms with E-state index >= 15 is 0 Å². The van der Waals surface area contributed by atoms with E-state index in [1.54, 1.807) is 18.2 Å². The van der Waals surface area contributed by atoms with Gasteiger partial charge in [-0.05, 0) is 54.1 Å². The Morgan fingerprint density at radius 3 is 2.70 bits per heavy atom. The number of nitrogens with one attached hydrogen (secondary N) is 1. The summed E-state index contributed by atoms with van der Waals surface area (Å²) in [6, 6.07) is 4.90. The summed E-state index contributed by atoms with van der Waals surface area (Å²) in [7, 11) is 0. The van der Waals surface area contributed by atoms with Crippen LogP contribution in [0.3, 0.4) is 0 Å². The van der Waals surface area contributed by atoms with Crippen molar-refractivity contribution in [2.75, 3.05) is 5.32 Å². The number of phenols is 1. The van der Waals surface area contributed by atoms with Gasteiger partial charge in [-0.2, -0.15) is 0 Å². The summed E-state index contributed by atoms with van der Waals surface area (Å²) in [6.07, 6.45) is 4.51. The zero-order valence-corrected chi connectivity index (χ0v) is 14.1. The fraction of sp³-hybridized carbons (Fsp3) is 0.579. The molecule has 4 nitrogen and oxygen atoms in total. The molecule has 4 heteroatoms. The molecular formula is C19H25NO3. The van der Waals surface area contributed by atoms with Gasteiger partial charge in [-0.3, -0.25) is 9.59 Å². The molecule has 0 heterocycles. The van der Waals surface area contributed by atoms with E-state index in [-0.39, 0.29) is 28.1 Å². The predicted octanol–water partition coefficient (Wildman–Crippen LogP) is 4.00. The molecule has 2 bridgehead atoms. The van der Waals surface area contributed by atoms with E-state index in [4.69, 9.17) is 0 Å². The van der Waals surface area contributed by atoms with Crippen LogP contribution in [0.4, 0.5) is 5.69 Å². The Balaban J connectivity index is 1.81. The van der Waals surface area contributed by atoms with Crippen LogP contribution >= 0.6 is 0 Å². The monoisotopic (exact) mass is 315 g/mol. The molecule has 2 fully saturated rings. The summed E-state index contributed by atoms with van der Waals surface area (Å²) >= 11 is 0. The van der Waals surface area contributed by atoms with Crippen molar-refractivity contribution in [3.8, 4) is 5.75 Å². The van der Waals surface area contributed by atoms with Gasteiger partial charge in [-0.25, -0.2) is 0 Å². The van der Waals surface area contributed by atoms with E-state index in [1.807, 2.05) is 0 Å². The highest BCUT2D eigenvalue weighted by Gasteiger charge is 2.61. The highest BCUT2D eigenvalue weighted by atomic mass is 16.3. The lowest BCUT2D eigenvalue weighted by atomic mass is 9.65. The van der Waals surface area contributed by atoms with Crippen molar-refractivity contribution >= 4 is 17.9 Å². The molecule has 2 aliphatic carbocycles. The first kappa shape index (κ1) is 16.0. The SMILES string of the molecule is CC1(C)C2CCC1(C)C(CC(=O)c1cccc(NC=O)c1O)C2. The number of phenolic OH excluding ortho intramolecular Hbond substituents is 1. The number of benzene rings is 1. The van der Waals surface area contributed by atoms with E-state index in [0.717, 1.165) is 6.42 Å². The van der Waals surface area contributed by atoms with Crippen LogP contribution in [0.15, 0.2) is 18.2 Å². The van der Waals surface area contributed by atoms with Gasteiger partial charge in [0.15, 0.2) is 5.78 Å². The number of Topliss-reactive ketones (excluding diaryl/α,β-unsaturated/α-hetero) is 1. The maximum absolute atomic E-state index is 12.7. The van der Waals surface area contributed by atoms with Crippen molar-refractivity contribution in [2.45, 2.75) is 46.5 Å². The summed E-state index contributed by atoms with van der Waals surface area (Å²) in [5.74, 6) is 0.900. The second-order valence-corrected chi connectivity index (χ2v) is 7.90. The highest BCUT2D eigenvalue weighted by Crippen LogP contribution is 2.68. The molecule has 2 N–H and O–H groups in total. The lowest BCUT2D eigenvalue weighted by Crippen LogP contribution is -2.33. The van der Waals surface area contributed by atoms with Crippen LogP contribution in [0.5, 0.6) is 5.75 Å². The van der Waals surface area contributed by atoms with E-state index in [0.29, 0.717) is 30.2 Å². The van der Waals surface area contributed by atoms with Gasteiger partial charge in [-0.1, -0.05) is 26.8 Å². The van der Waals surface area contributed by atoms with Crippen LogP contribution in [-0.4, -0.2) is 17.3 Å². The van der Waals surface area contributed by atoms with Crippen LogP contribution in [0, 0.1) is 22.7 Å². The van der Waals surface area contributed by atoms with Gasteiger partial charge in [0.05, 0.1) is 11.3 Å². The normalized spacial score (nSPS) is 31.1. The maximum Gasteiger partial charge on any atom is 0.211 e. The molecule has 0 aliphatic heterocycles. The van der Waals surface area contributed by atoms with E-state index < -0.39 is 0 Å². The Labute approximate surface area is 137 Å². The number of carbonyl (C=O) groups excluding carboxylic acids is 2. The third kappa shape index (κ3) is 2.27. The van der Waals surface area contributed by atoms with Crippen molar-refractivity contribution in [2.24, 2.45) is 22.7 Å². The summed E-state index contributed by atoms with van der Waals surface area (Å²) in [5.41, 5.74) is 1.06. The first-order valence-electron chi connectivity index (χ1n) is 8.36. The second-order valence-electron chi connectivity index (χ2n) is 7.90. The highest BCUT2D eigenvalue weighted by molar-refractivity contribution is 6.01. The smallest absolute Gasteiger partial charge is 0.211 e. The molecule has 0 spiro atoms. The molecular weight excluding hydrogens is 290 g/mol. The molecule has 23 heavy (non-hydrogen) atoms. The molecule has 0 radical (unpaired) electrons. The average Bonchev–Trinajstić information content (AvgIpc) is 2.83. The van der Waals surface area contributed by atoms with Gasteiger partial charge in [0.25, 0.3) is 0 Å². The minimum Gasteiger partial charge on any atom is -0.505 e. The molecule has 0 aromatic heterocycles. The Hall–Kier alpha value is -1.84. The van der Waals surface area contributed by atoms with Crippen molar-refractivity contribution in [1.82, 2.24) is 0 Å². The molecule has 2 aliphatic rings. The molecule has 3 atom stereocenters. The number of anilines is 1. The minimum atomic E-state index is -0.128. The molecule has 1 aromatic rings. The van der Waals surface area contributed by atoms with E-state index in [9.17, 15) is 14.7 Å². The van der Waals surface area contributed by atoms with Gasteiger partial charge < -0.3 is 10.4 Å². The number of carbonyl (C=O) groups is 2. The molecule has 3 rings (SSSR count). The van der Waals surface area contributed by atoms with Gasteiger partial charge in [-0.15, -0.1) is 0 Å². The summed E-state index contributed by atoms with van der Waals surface area (Å²) in [4.78, 5) is 23.3. The predicted molar refractivity (Wildman–Crippen MR) is 89.5 cm³/mol. The van der Waals surface area contributed by atoms with E-state index in [1.165, 1.54) is 12.8 Å². The quantitative estimate of drug-likeness (QED) is 0.490. The van der Waals surface area contributed by atoms with Crippen molar-refractivity contribution < 1.29 is 14.7 Å².